The van der Waals surface area contributed by atoms with Gasteiger partial charge in [0.15, 0.2) is 0 Å². The number of hydrogen-bond acceptors (Lipinski definition) is 3. The smallest absolute Gasteiger partial charge is 0.242 e. The molecule has 0 atom stereocenters. The Morgan fingerprint density at radius 3 is 2.36 bits per heavy atom. The number of rotatable bonds is 4. The topological polar surface area (TPSA) is 59.4 Å². The lowest BCUT2D eigenvalue weighted by molar-refractivity contribution is -0.132. The van der Waals surface area contributed by atoms with Crippen LogP contribution in [0.15, 0.2) is 64.5 Å². The lowest BCUT2D eigenvalue weighted by atomic mass is 10.1. The zero-order chi connectivity index (χ0) is 19.7. The molecular formula is C21H21FN2O3S. The summed E-state index contributed by atoms with van der Waals surface area (Å²) in [5.74, 6) is -0.500. The van der Waals surface area contributed by atoms with E-state index in [1.807, 2.05) is 17.0 Å². The van der Waals surface area contributed by atoms with E-state index in [2.05, 4.69) is 0 Å². The van der Waals surface area contributed by atoms with Crippen LogP contribution in [0.1, 0.15) is 19.3 Å². The van der Waals surface area contributed by atoms with Crippen LogP contribution in [-0.2, 0) is 21.2 Å². The van der Waals surface area contributed by atoms with Gasteiger partial charge in [0.25, 0.3) is 0 Å². The summed E-state index contributed by atoms with van der Waals surface area (Å²) in [7, 11) is -3.83. The van der Waals surface area contributed by atoms with Crippen LogP contribution < -0.4 is 0 Å². The molecule has 1 fully saturated rings. The number of halogens is 1. The third kappa shape index (κ3) is 3.42. The first-order valence-corrected chi connectivity index (χ1v) is 10.8. The van der Waals surface area contributed by atoms with Gasteiger partial charge in [0.2, 0.25) is 15.7 Å². The number of fused-ring (bicyclic) bond motifs is 1. The maximum Gasteiger partial charge on any atom is 0.242 e. The predicted molar refractivity (Wildman–Crippen MR) is 104 cm³/mol. The molecule has 1 saturated heterocycles. The van der Waals surface area contributed by atoms with Crippen molar-refractivity contribution in [3.63, 3.8) is 0 Å². The first kappa shape index (κ1) is 18.7. The summed E-state index contributed by atoms with van der Waals surface area (Å²) in [6.45, 7) is 1.59. The minimum atomic E-state index is -3.83. The van der Waals surface area contributed by atoms with Gasteiger partial charge in [-0.15, -0.1) is 0 Å². The molecule has 0 bridgehead atoms. The standard InChI is InChI=1S/C21H21FN2O3S/c22-16-8-10-17(11-9-16)28(26,27)20-14-24(19-7-3-2-6-18(19)20)15-21(25)23-12-4-1-5-13-23/h2-3,6-11,14H,1,4-5,12-13,15H2. The quantitative estimate of drug-likeness (QED) is 0.629. The van der Waals surface area contributed by atoms with Crippen molar-refractivity contribution in [1.29, 1.82) is 0 Å². The SMILES string of the molecule is O=C(Cn1cc(S(=O)(=O)c2ccc(F)cc2)c2ccccc21)N1CCCCC1. The molecule has 4 rings (SSSR count). The number of likely N-dealkylation sites (tertiary alicyclic amines) is 1. The molecule has 2 aromatic carbocycles. The van der Waals surface area contributed by atoms with E-state index in [4.69, 9.17) is 0 Å². The summed E-state index contributed by atoms with van der Waals surface area (Å²) < 4.78 is 41.2. The van der Waals surface area contributed by atoms with Crippen LogP contribution in [0.25, 0.3) is 10.9 Å². The molecule has 2 heterocycles. The number of benzene rings is 2. The van der Waals surface area contributed by atoms with Gasteiger partial charge in [0.05, 0.1) is 9.79 Å². The fourth-order valence-corrected chi connectivity index (χ4v) is 5.16. The lowest BCUT2D eigenvalue weighted by Crippen LogP contribution is -2.37. The van der Waals surface area contributed by atoms with E-state index in [-0.39, 0.29) is 22.2 Å². The summed E-state index contributed by atoms with van der Waals surface area (Å²) in [4.78, 5) is 14.7. The van der Waals surface area contributed by atoms with Crippen molar-refractivity contribution in [1.82, 2.24) is 9.47 Å². The minimum Gasteiger partial charge on any atom is -0.341 e. The van der Waals surface area contributed by atoms with Gasteiger partial charge in [-0.3, -0.25) is 4.79 Å². The molecule has 0 saturated carbocycles. The molecule has 1 aromatic heterocycles. The number of aromatic nitrogens is 1. The number of amides is 1. The van der Waals surface area contributed by atoms with Gasteiger partial charge in [-0.2, -0.15) is 0 Å². The van der Waals surface area contributed by atoms with Gasteiger partial charge in [0, 0.05) is 30.2 Å². The summed E-state index contributed by atoms with van der Waals surface area (Å²) >= 11 is 0. The molecule has 1 aliphatic rings. The van der Waals surface area contributed by atoms with Crippen molar-refractivity contribution in [3.05, 3.63) is 60.5 Å². The Balaban J connectivity index is 1.74. The molecule has 3 aromatic rings. The zero-order valence-corrected chi connectivity index (χ0v) is 16.2. The number of carbonyl (C=O) groups excluding carboxylic acids is 1. The van der Waals surface area contributed by atoms with E-state index < -0.39 is 15.7 Å². The summed E-state index contributed by atoms with van der Waals surface area (Å²) in [6, 6.07) is 11.9. The second kappa shape index (κ2) is 7.39. The van der Waals surface area contributed by atoms with Crippen molar-refractivity contribution >= 4 is 26.6 Å². The highest BCUT2D eigenvalue weighted by Gasteiger charge is 2.25. The molecule has 1 aliphatic heterocycles. The van der Waals surface area contributed by atoms with Crippen LogP contribution >= 0.6 is 0 Å². The summed E-state index contributed by atoms with van der Waals surface area (Å²) in [5, 5.41) is 0.554. The van der Waals surface area contributed by atoms with E-state index in [0.717, 1.165) is 44.5 Å². The molecule has 0 radical (unpaired) electrons. The highest BCUT2D eigenvalue weighted by atomic mass is 32.2. The molecule has 0 aliphatic carbocycles. The largest absolute Gasteiger partial charge is 0.341 e. The Morgan fingerprint density at radius 2 is 1.64 bits per heavy atom. The van der Waals surface area contributed by atoms with Crippen LogP contribution in [0.5, 0.6) is 0 Å². The molecule has 7 heteroatoms. The zero-order valence-electron chi connectivity index (χ0n) is 15.3. The minimum absolute atomic E-state index is 0.00816. The monoisotopic (exact) mass is 400 g/mol. The van der Waals surface area contributed by atoms with Gasteiger partial charge in [-0.05, 0) is 49.6 Å². The maximum absolute atomic E-state index is 13.2. The number of sulfone groups is 1. The lowest BCUT2D eigenvalue weighted by Gasteiger charge is -2.27. The van der Waals surface area contributed by atoms with Gasteiger partial charge >= 0.3 is 0 Å². The Morgan fingerprint density at radius 1 is 0.964 bits per heavy atom. The molecule has 0 unspecified atom stereocenters. The molecule has 146 valence electrons. The highest BCUT2D eigenvalue weighted by molar-refractivity contribution is 7.91. The molecule has 28 heavy (non-hydrogen) atoms. The molecule has 0 N–H and O–H groups in total. The Labute approximate surface area is 163 Å². The first-order valence-electron chi connectivity index (χ1n) is 9.33. The summed E-state index contributed by atoms with van der Waals surface area (Å²) in [5.41, 5.74) is 0.688. The van der Waals surface area contributed by atoms with Gasteiger partial charge in [0.1, 0.15) is 12.4 Å². The second-order valence-corrected chi connectivity index (χ2v) is 8.96. The van der Waals surface area contributed by atoms with Crippen molar-refractivity contribution in [3.8, 4) is 0 Å². The van der Waals surface area contributed by atoms with E-state index in [1.165, 1.54) is 18.3 Å². The number of para-hydroxylation sites is 1. The highest BCUT2D eigenvalue weighted by Crippen LogP contribution is 2.30. The third-order valence-corrected chi connectivity index (χ3v) is 6.98. The molecule has 5 nitrogen and oxygen atoms in total. The fraction of sp³-hybridized carbons (Fsp3) is 0.286. The fourth-order valence-electron chi connectivity index (χ4n) is 3.69. The van der Waals surface area contributed by atoms with E-state index >= 15 is 0 Å². The van der Waals surface area contributed by atoms with Crippen LogP contribution in [-0.4, -0.2) is 36.9 Å². The van der Waals surface area contributed by atoms with Gasteiger partial charge in [-0.1, -0.05) is 18.2 Å². The summed E-state index contributed by atoms with van der Waals surface area (Å²) in [6.07, 6.45) is 4.66. The number of nitrogens with zero attached hydrogens (tertiary/aromatic N) is 2. The van der Waals surface area contributed by atoms with E-state index in [0.29, 0.717) is 10.9 Å². The van der Waals surface area contributed by atoms with Crippen molar-refractivity contribution in [2.45, 2.75) is 35.6 Å². The van der Waals surface area contributed by atoms with Crippen molar-refractivity contribution in [2.24, 2.45) is 0 Å². The van der Waals surface area contributed by atoms with Crippen molar-refractivity contribution < 1.29 is 17.6 Å². The normalized spacial score (nSPS) is 15.1. The van der Waals surface area contributed by atoms with E-state index in [9.17, 15) is 17.6 Å². The van der Waals surface area contributed by atoms with Crippen LogP contribution in [0.4, 0.5) is 4.39 Å². The Hall–Kier alpha value is -2.67. The number of hydrogen-bond donors (Lipinski definition) is 0. The maximum atomic E-state index is 13.2. The molecule has 0 spiro atoms. The van der Waals surface area contributed by atoms with Crippen molar-refractivity contribution in [2.75, 3.05) is 13.1 Å². The predicted octanol–water partition coefficient (Wildman–Crippen LogP) is 3.63. The molecule has 1 amide bonds. The third-order valence-electron chi connectivity index (χ3n) is 5.18. The first-order chi connectivity index (χ1) is 13.5. The van der Waals surface area contributed by atoms with Gasteiger partial charge in [-0.25, -0.2) is 12.8 Å². The van der Waals surface area contributed by atoms with Gasteiger partial charge < -0.3 is 9.47 Å². The number of carbonyl (C=O) groups is 1. The Kier molecular flexibility index (Phi) is 4.93. The van der Waals surface area contributed by atoms with E-state index in [1.54, 1.807) is 16.7 Å². The van der Waals surface area contributed by atoms with Crippen LogP contribution in [0.2, 0.25) is 0 Å². The Bertz CT molecular complexity index is 1110. The van der Waals surface area contributed by atoms with Crippen LogP contribution in [0, 0.1) is 5.82 Å². The molecular weight excluding hydrogens is 379 g/mol. The average molecular weight is 400 g/mol. The van der Waals surface area contributed by atoms with Crippen LogP contribution in [0.3, 0.4) is 0 Å². The average Bonchev–Trinajstić information content (AvgIpc) is 3.08. The second-order valence-electron chi connectivity index (χ2n) is 7.04. The number of piperidine rings is 1.